The van der Waals surface area contributed by atoms with E-state index in [-0.39, 0.29) is 11.6 Å². The van der Waals surface area contributed by atoms with Crippen LogP contribution in [0.2, 0.25) is 0 Å². The van der Waals surface area contributed by atoms with Gasteiger partial charge in [0, 0.05) is 5.69 Å². The lowest BCUT2D eigenvalue weighted by atomic mass is 9.97. The standard InChI is InChI=1S/C28H28N2O3/c1-5-15-33-24-12-7-6-11-23(24)30-27(31)25(22-14-13-19(3)16-20(22)4)26(28(30)32)29-21-10-8-9-18(2)17-21/h6-14,16-17,29H,5,15H2,1-4H3. The number of para-hydroxylation sites is 2. The number of nitrogens with one attached hydrogen (secondary N) is 1. The normalized spacial score (nSPS) is 13.6. The van der Waals surface area contributed by atoms with E-state index in [0.717, 1.165) is 34.4 Å². The van der Waals surface area contributed by atoms with Crippen LogP contribution in [0.25, 0.3) is 5.57 Å². The molecule has 3 aromatic carbocycles. The molecule has 0 aromatic heterocycles. The number of aryl methyl sites for hydroxylation is 3. The zero-order valence-corrected chi connectivity index (χ0v) is 19.4. The Balaban J connectivity index is 1.85. The fourth-order valence-corrected chi connectivity index (χ4v) is 4.05. The number of hydrogen-bond donors (Lipinski definition) is 1. The fraction of sp³-hybridized carbons (Fsp3) is 0.214. The first-order chi connectivity index (χ1) is 15.9. The van der Waals surface area contributed by atoms with E-state index >= 15 is 0 Å². The van der Waals surface area contributed by atoms with Crippen molar-refractivity contribution in [1.29, 1.82) is 0 Å². The lowest BCUT2D eigenvalue weighted by Gasteiger charge is -2.19. The Hall–Kier alpha value is -3.86. The van der Waals surface area contributed by atoms with Gasteiger partial charge >= 0.3 is 0 Å². The Labute approximate surface area is 194 Å². The number of imide groups is 1. The average Bonchev–Trinajstić information content (AvgIpc) is 3.02. The predicted octanol–water partition coefficient (Wildman–Crippen LogP) is 5.80. The molecule has 2 amide bonds. The highest BCUT2D eigenvalue weighted by atomic mass is 16.5. The molecule has 1 aliphatic rings. The van der Waals surface area contributed by atoms with Crippen molar-refractivity contribution < 1.29 is 14.3 Å². The van der Waals surface area contributed by atoms with Crippen molar-refractivity contribution in [2.24, 2.45) is 0 Å². The molecule has 0 saturated heterocycles. The van der Waals surface area contributed by atoms with Gasteiger partial charge in [0.2, 0.25) is 0 Å². The lowest BCUT2D eigenvalue weighted by molar-refractivity contribution is -0.120. The van der Waals surface area contributed by atoms with Gasteiger partial charge < -0.3 is 10.1 Å². The molecule has 1 aliphatic heterocycles. The van der Waals surface area contributed by atoms with Gasteiger partial charge in [0.15, 0.2) is 0 Å². The lowest BCUT2D eigenvalue weighted by Crippen LogP contribution is -2.32. The number of ether oxygens (including phenoxy) is 1. The van der Waals surface area contributed by atoms with Crippen molar-refractivity contribution in [3.05, 3.63) is 94.7 Å². The van der Waals surface area contributed by atoms with Crippen LogP contribution in [0, 0.1) is 20.8 Å². The zero-order chi connectivity index (χ0) is 23.5. The molecule has 0 unspecified atom stereocenters. The molecule has 168 valence electrons. The summed E-state index contributed by atoms with van der Waals surface area (Å²) in [4.78, 5) is 28.7. The molecule has 1 N–H and O–H groups in total. The Morgan fingerprint density at radius 2 is 1.61 bits per heavy atom. The monoisotopic (exact) mass is 440 g/mol. The second kappa shape index (κ2) is 9.33. The molecule has 0 spiro atoms. The second-order valence-corrected chi connectivity index (χ2v) is 8.32. The van der Waals surface area contributed by atoms with Gasteiger partial charge in [-0.2, -0.15) is 0 Å². The molecule has 5 heteroatoms. The molecule has 0 radical (unpaired) electrons. The van der Waals surface area contributed by atoms with Crippen LogP contribution in [0.4, 0.5) is 11.4 Å². The van der Waals surface area contributed by atoms with Gasteiger partial charge in [0.1, 0.15) is 11.4 Å². The van der Waals surface area contributed by atoms with E-state index in [0.29, 0.717) is 23.6 Å². The summed E-state index contributed by atoms with van der Waals surface area (Å²) in [5.41, 5.74) is 5.66. The molecule has 3 aromatic rings. The molecule has 0 atom stereocenters. The average molecular weight is 441 g/mol. The van der Waals surface area contributed by atoms with Crippen molar-refractivity contribution in [2.75, 3.05) is 16.8 Å². The number of carbonyl (C=O) groups is 2. The summed E-state index contributed by atoms with van der Waals surface area (Å²) in [5, 5.41) is 3.24. The van der Waals surface area contributed by atoms with Crippen LogP contribution < -0.4 is 15.0 Å². The first kappa shape index (κ1) is 22.3. The van der Waals surface area contributed by atoms with E-state index in [2.05, 4.69) is 5.32 Å². The minimum Gasteiger partial charge on any atom is -0.491 e. The summed E-state index contributed by atoms with van der Waals surface area (Å²) in [6.07, 6.45) is 0.822. The highest BCUT2D eigenvalue weighted by Crippen LogP contribution is 2.38. The molecule has 1 heterocycles. The minimum absolute atomic E-state index is 0.267. The highest BCUT2D eigenvalue weighted by molar-refractivity contribution is 6.46. The Morgan fingerprint density at radius 1 is 0.848 bits per heavy atom. The molecule has 5 nitrogen and oxygen atoms in total. The number of anilines is 2. The molecular weight excluding hydrogens is 412 g/mol. The van der Waals surface area contributed by atoms with Gasteiger partial charge in [-0.05, 0) is 68.1 Å². The first-order valence-electron chi connectivity index (χ1n) is 11.2. The third-order valence-electron chi connectivity index (χ3n) is 5.59. The maximum absolute atomic E-state index is 13.8. The van der Waals surface area contributed by atoms with E-state index in [1.165, 1.54) is 4.90 Å². The molecule has 4 rings (SSSR count). The van der Waals surface area contributed by atoms with Crippen LogP contribution in [-0.2, 0) is 9.59 Å². The number of carbonyl (C=O) groups excluding carboxylic acids is 2. The van der Waals surface area contributed by atoms with E-state index in [1.54, 1.807) is 18.2 Å². The van der Waals surface area contributed by atoms with Crippen LogP contribution in [-0.4, -0.2) is 18.4 Å². The third kappa shape index (κ3) is 4.40. The van der Waals surface area contributed by atoms with Crippen LogP contribution in [0.3, 0.4) is 0 Å². The van der Waals surface area contributed by atoms with E-state index in [4.69, 9.17) is 4.74 Å². The van der Waals surface area contributed by atoms with Crippen LogP contribution >= 0.6 is 0 Å². The quantitative estimate of drug-likeness (QED) is 0.472. The molecule has 0 bridgehead atoms. The number of amides is 2. The number of hydrogen-bond acceptors (Lipinski definition) is 4. The molecule has 0 aliphatic carbocycles. The van der Waals surface area contributed by atoms with Crippen molar-refractivity contribution in [3.63, 3.8) is 0 Å². The number of rotatable bonds is 7. The Kier molecular flexibility index (Phi) is 6.31. The van der Waals surface area contributed by atoms with Gasteiger partial charge in [0.25, 0.3) is 11.8 Å². The topological polar surface area (TPSA) is 58.6 Å². The van der Waals surface area contributed by atoms with E-state index in [1.807, 2.05) is 76.2 Å². The van der Waals surface area contributed by atoms with Crippen molar-refractivity contribution >= 4 is 28.8 Å². The smallest absolute Gasteiger partial charge is 0.282 e. The van der Waals surface area contributed by atoms with Gasteiger partial charge in [-0.3, -0.25) is 9.59 Å². The summed E-state index contributed by atoms with van der Waals surface area (Å²) < 4.78 is 5.86. The Morgan fingerprint density at radius 3 is 2.33 bits per heavy atom. The maximum atomic E-state index is 13.8. The van der Waals surface area contributed by atoms with Crippen LogP contribution in [0.15, 0.2) is 72.4 Å². The number of nitrogens with zero attached hydrogens (tertiary/aromatic N) is 1. The van der Waals surface area contributed by atoms with Gasteiger partial charge in [-0.1, -0.05) is 55.0 Å². The predicted molar refractivity (Wildman–Crippen MR) is 132 cm³/mol. The van der Waals surface area contributed by atoms with E-state index < -0.39 is 5.91 Å². The molecule has 0 fully saturated rings. The van der Waals surface area contributed by atoms with Crippen molar-refractivity contribution in [1.82, 2.24) is 0 Å². The highest BCUT2D eigenvalue weighted by Gasteiger charge is 2.41. The Bertz CT molecular complexity index is 1260. The van der Waals surface area contributed by atoms with E-state index in [9.17, 15) is 9.59 Å². The summed E-state index contributed by atoms with van der Waals surface area (Å²) in [5.74, 6) is -0.253. The van der Waals surface area contributed by atoms with Gasteiger partial charge in [-0.25, -0.2) is 4.90 Å². The van der Waals surface area contributed by atoms with Crippen molar-refractivity contribution in [3.8, 4) is 5.75 Å². The zero-order valence-electron chi connectivity index (χ0n) is 19.4. The molecule has 33 heavy (non-hydrogen) atoms. The van der Waals surface area contributed by atoms with Crippen LogP contribution in [0.5, 0.6) is 5.75 Å². The third-order valence-corrected chi connectivity index (χ3v) is 5.59. The molecular formula is C28H28N2O3. The summed E-state index contributed by atoms with van der Waals surface area (Å²) in [6.45, 7) is 8.46. The fourth-order valence-electron chi connectivity index (χ4n) is 4.05. The maximum Gasteiger partial charge on any atom is 0.282 e. The first-order valence-corrected chi connectivity index (χ1v) is 11.2. The summed E-state index contributed by atoms with van der Waals surface area (Å²) in [6, 6.07) is 20.8. The SMILES string of the molecule is CCCOc1ccccc1N1C(=O)C(Nc2cccc(C)c2)=C(c2ccc(C)cc2C)C1=O. The minimum atomic E-state index is -0.399. The largest absolute Gasteiger partial charge is 0.491 e. The summed E-state index contributed by atoms with van der Waals surface area (Å²) >= 11 is 0. The summed E-state index contributed by atoms with van der Waals surface area (Å²) in [7, 11) is 0. The van der Waals surface area contributed by atoms with Gasteiger partial charge in [0.05, 0.1) is 17.9 Å². The van der Waals surface area contributed by atoms with Crippen molar-refractivity contribution in [2.45, 2.75) is 34.1 Å². The van der Waals surface area contributed by atoms with Gasteiger partial charge in [-0.15, -0.1) is 0 Å². The van der Waals surface area contributed by atoms with Crippen LogP contribution in [0.1, 0.15) is 35.6 Å². The number of benzene rings is 3. The second-order valence-electron chi connectivity index (χ2n) is 8.32. The molecule has 0 saturated carbocycles.